The molecule has 0 fully saturated rings. The number of phenolic OH excluding ortho intramolecular Hbond substituents is 1. The van der Waals surface area contributed by atoms with Gasteiger partial charge in [0.1, 0.15) is 5.75 Å². The lowest BCUT2D eigenvalue weighted by Crippen LogP contribution is -2.33. The smallest absolute Gasteiger partial charge is 0.311 e. The Kier molecular flexibility index (Phi) is 3.69. The van der Waals surface area contributed by atoms with Gasteiger partial charge < -0.3 is 15.2 Å². The van der Waals surface area contributed by atoms with Gasteiger partial charge in [0.05, 0.1) is 12.5 Å². The van der Waals surface area contributed by atoms with Gasteiger partial charge in [-0.25, -0.2) is 0 Å². The number of fused-ring (bicyclic) bond motifs is 1. The van der Waals surface area contributed by atoms with Crippen LogP contribution in [0.1, 0.15) is 25.8 Å². The number of anilines is 1. The highest BCUT2D eigenvalue weighted by Crippen LogP contribution is 2.34. The number of phenols is 1. The van der Waals surface area contributed by atoms with Gasteiger partial charge in [0.25, 0.3) is 0 Å². The molecule has 2 N–H and O–H groups in total. The summed E-state index contributed by atoms with van der Waals surface area (Å²) >= 11 is 0. The van der Waals surface area contributed by atoms with Crippen LogP contribution in [0.25, 0.3) is 0 Å². The molecule has 1 aromatic carbocycles. The molecule has 1 aliphatic rings. The Morgan fingerprint density at radius 1 is 1.53 bits per heavy atom. The average molecular weight is 263 g/mol. The van der Waals surface area contributed by atoms with Crippen molar-refractivity contribution in [2.45, 2.75) is 26.7 Å². The minimum atomic E-state index is -0.463. The minimum Gasteiger partial charge on any atom is -0.508 e. The number of hydrogen-bond acceptors (Lipinski definition) is 4. The Bertz CT molecular complexity index is 482. The van der Waals surface area contributed by atoms with Crippen molar-refractivity contribution in [3.05, 3.63) is 23.8 Å². The molecular formula is C15H21NO3. The summed E-state index contributed by atoms with van der Waals surface area (Å²) in [6.45, 7) is 4.66. The second kappa shape index (κ2) is 5.11. The Balaban J connectivity index is 2.06. The van der Waals surface area contributed by atoms with E-state index in [0.717, 1.165) is 25.1 Å². The molecule has 0 aliphatic carbocycles. The van der Waals surface area contributed by atoms with Crippen LogP contribution in [0.4, 0.5) is 5.69 Å². The number of aromatic hydroxyl groups is 1. The van der Waals surface area contributed by atoms with Crippen LogP contribution in [-0.4, -0.2) is 24.7 Å². The van der Waals surface area contributed by atoms with E-state index in [1.807, 2.05) is 19.9 Å². The third-order valence-electron chi connectivity index (χ3n) is 3.72. The summed E-state index contributed by atoms with van der Waals surface area (Å²) in [6.07, 6.45) is 1.70. The lowest BCUT2D eigenvalue weighted by Gasteiger charge is -2.31. The molecule has 0 bridgehead atoms. The molecule has 1 atom stereocenters. The second-order valence-electron chi connectivity index (χ2n) is 5.87. The molecule has 0 amide bonds. The molecule has 0 spiro atoms. The van der Waals surface area contributed by atoms with Gasteiger partial charge in [0.15, 0.2) is 0 Å². The van der Waals surface area contributed by atoms with Crippen molar-refractivity contribution < 1.29 is 14.6 Å². The number of hydrogen-bond donors (Lipinski definition) is 2. The molecular weight excluding hydrogens is 242 g/mol. The van der Waals surface area contributed by atoms with Gasteiger partial charge in [-0.3, -0.25) is 4.79 Å². The number of methoxy groups -OCH3 is 1. The number of rotatable bonds is 3. The Labute approximate surface area is 113 Å². The lowest BCUT2D eigenvalue weighted by molar-refractivity contribution is -0.151. The Hall–Kier alpha value is -1.71. The number of benzene rings is 1. The molecule has 1 unspecified atom stereocenters. The maximum atomic E-state index is 11.7. The van der Waals surface area contributed by atoms with E-state index in [0.29, 0.717) is 5.92 Å². The summed E-state index contributed by atoms with van der Waals surface area (Å²) in [4.78, 5) is 11.7. The summed E-state index contributed by atoms with van der Waals surface area (Å²) in [5.74, 6) is 0.509. The zero-order chi connectivity index (χ0) is 14.0. The van der Waals surface area contributed by atoms with E-state index in [-0.39, 0.29) is 11.7 Å². The number of carbonyl (C=O) groups is 1. The number of nitrogens with one attached hydrogen (secondary N) is 1. The Morgan fingerprint density at radius 3 is 2.95 bits per heavy atom. The van der Waals surface area contributed by atoms with Crippen LogP contribution >= 0.6 is 0 Å². The molecule has 0 saturated carbocycles. The van der Waals surface area contributed by atoms with Crippen LogP contribution in [0, 0.1) is 11.3 Å². The number of esters is 1. The normalized spacial score (nSPS) is 18.4. The largest absolute Gasteiger partial charge is 0.508 e. The second-order valence-corrected chi connectivity index (χ2v) is 5.87. The molecule has 0 aromatic heterocycles. The monoisotopic (exact) mass is 263 g/mol. The first-order valence-corrected chi connectivity index (χ1v) is 6.56. The minimum absolute atomic E-state index is 0.163. The van der Waals surface area contributed by atoms with Crippen LogP contribution in [0.5, 0.6) is 5.75 Å². The van der Waals surface area contributed by atoms with Crippen LogP contribution < -0.4 is 5.32 Å². The zero-order valence-electron chi connectivity index (χ0n) is 11.7. The average Bonchev–Trinajstić information content (AvgIpc) is 2.37. The van der Waals surface area contributed by atoms with Gasteiger partial charge in [0.2, 0.25) is 0 Å². The maximum Gasteiger partial charge on any atom is 0.311 e. The fraction of sp³-hybridized carbons (Fsp3) is 0.533. The van der Waals surface area contributed by atoms with E-state index in [1.165, 1.54) is 12.7 Å². The predicted octanol–water partition coefficient (Wildman–Crippen LogP) is 2.57. The van der Waals surface area contributed by atoms with E-state index in [2.05, 4.69) is 5.32 Å². The SMILES string of the molecule is COC(=O)C(C)(C)CC1CNc2cc(O)ccc2C1. The van der Waals surface area contributed by atoms with E-state index in [1.54, 1.807) is 12.1 Å². The first-order chi connectivity index (χ1) is 8.92. The third-order valence-corrected chi connectivity index (χ3v) is 3.72. The summed E-state index contributed by atoms with van der Waals surface area (Å²) < 4.78 is 4.85. The highest BCUT2D eigenvalue weighted by Gasteiger charge is 2.33. The highest BCUT2D eigenvalue weighted by molar-refractivity contribution is 5.75. The third kappa shape index (κ3) is 3.00. The van der Waals surface area contributed by atoms with Gasteiger partial charge in [-0.05, 0) is 44.2 Å². The molecule has 19 heavy (non-hydrogen) atoms. The molecule has 104 valence electrons. The van der Waals surface area contributed by atoms with Crippen molar-refractivity contribution in [3.63, 3.8) is 0 Å². The summed E-state index contributed by atoms with van der Waals surface area (Å²) in [5, 5.41) is 12.8. The van der Waals surface area contributed by atoms with Gasteiger partial charge >= 0.3 is 5.97 Å². The van der Waals surface area contributed by atoms with Crippen LogP contribution in [0.3, 0.4) is 0 Å². The van der Waals surface area contributed by atoms with Crippen LogP contribution in [0.15, 0.2) is 18.2 Å². The fourth-order valence-electron chi connectivity index (χ4n) is 2.77. The van der Waals surface area contributed by atoms with Gasteiger partial charge in [-0.2, -0.15) is 0 Å². The molecule has 4 heteroatoms. The quantitative estimate of drug-likeness (QED) is 0.823. The van der Waals surface area contributed by atoms with Gasteiger partial charge in [-0.15, -0.1) is 0 Å². The number of carbonyl (C=O) groups excluding carboxylic acids is 1. The van der Waals surface area contributed by atoms with Gasteiger partial charge in [-0.1, -0.05) is 6.07 Å². The molecule has 0 saturated heterocycles. The standard InChI is InChI=1S/C15H21NO3/c1-15(2,14(18)19-3)8-10-6-11-4-5-12(17)7-13(11)16-9-10/h4-5,7,10,16-17H,6,8-9H2,1-3H3. The van der Waals surface area contributed by atoms with Crippen molar-refractivity contribution in [1.82, 2.24) is 0 Å². The predicted molar refractivity (Wildman–Crippen MR) is 74.2 cm³/mol. The van der Waals surface area contributed by atoms with Gasteiger partial charge in [0, 0.05) is 18.3 Å². The molecule has 4 nitrogen and oxygen atoms in total. The summed E-state index contributed by atoms with van der Waals surface area (Å²) in [7, 11) is 1.43. The maximum absolute atomic E-state index is 11.7. The van der Waals surface area contributed by atoms with Crippen LogP contribution in [-0.2, 0) is 16.0 Å². The van der Waals surface area contributed by atoms with Crippen molar-refractivity contribution in [2.75, 3.05) is 19.0 Å². The lowest BCUT2D eigenvalue weighted by atomic mass is 9.79. The fourth-order valence-corrected chi connectivity index (χ4v) is 2.77. The van der Waals surface area contributed by atoms with Crippen molar-refractivity contribution in [1.29, 1.82) is 0 Å². The van der Waals surface area contributed by atoms with E-state index >= 15 is 0 Å². The van der Waals surface area contributed by atoms with E-state index < -0.39 is 5.41 Å². The first kappa shape index (κ1) is 13.7. The first-order valence-electron chi connectivity index (χ1n) is 6.56. The summed E-state index contributed by atoms with van der Waals surface area (Å²) in [6, 6.07) is 5.39. The zero-order valence-corrected chi connectivity index (χ0v) is 11.7. The molecule has 2 rings (SSSR count). The van der Waals surface area contributed by atoms with Crippen molar-refractivity contribution >= 4 is 11.7 Å². The van der Waals surface area contributed by atoms with E-state index in [9.17, 15) is 9.90 Å². The topological polar surface area (TPSA) is 58.6 Å². The van der Waals surface area contributed by atoms with E-state index in [4.69, 9.17) is 4.74 Å². The Morgan fingerprint density at radius 2 is 2.26 bits per heavy atom. The highest BCUT2D eigenvalue weighted by atomic mass is 16.5. The molecule has 1 heterocycles. The number of ether oxygens (including phenoxy) is 1. The molecule has 1 aliphatic heterocycles. The van der Waals surface area contributed by atoms with Crippen molar-refractivity contribution in [2.24, 2.45) is 11.3 Å². The molecule has 0 radical (unpaired) electrons. The summed E-state index contributed by atoms with van der Waals surface area (Å²) in [5.41, 5.74) is 1.72. The van der Waals surface area contributed by atoms with Crippen molar-refractivity contribution in [3.8, 4) is 5.75 Å². The van der Waals surface area contributed by atoms with Crippen LogP contribution in [0.2, 0.25) is 0 Å². The molecule has 1 aromatic rings.